The van der Waals surface area contributed by atoms with Gasteiger partial charge in [0.25, 0.3) is 0 Å². The Morgan fingerprint density at radius 1 is 1.56 bits per heavy atom. The number of hydrogen-bond donors (Lipinski definition) is 4. The average Bonchev–Trinajstić information content (AvgIpc) is 2.84. The van der Waals surface area contributed by atoms with E-state index in [1.54, 1.807) is 0 Å². The lowest BCUT2D eigenvalue weighted by atomic mass is 10.2. The highest BCUT2D eigenvalue weighted by Crippen LogP contribution is 2.00. The molecule has 0 aliphatic carbocycles. The number of carboxylic acid groups (broad SMARTS) is 1. The van der Waals surface area contributed by atoms with Crippen LogP contribution in [0.1, 0.15) is 12.2 Å². The van der Waals surface area contributed by atoms with Gasteiger partial charge in [-0.1, -0.05) is 5.21 Å². The van der Waals surface area contributed by atoms with Gasteiger partial charge in [0.05, 0.1) is 6.54 Å². The molecule has 1 aromatic rings. The predicted octanol–water partition coefficient (Wildman–Crippen LogP) is -0.795. The first-order chi connectivity index (χ1) is 8.63. The van der Waals surface area contributed by atoms with Gasteiger partial charge >= 0.3 is 12.0 Å². The second-order valence-corrected chi connectivity index (χ2v) is 4.31. The van der Waals surface area contributed by atoms with Crippen LogP contribution in [-0.2, 0) is 11.3 Å². The standard InChI is InChI=1S/C8H14N6O3S/c1-18-3-2-5(7(15)16)10-8(17)9-4-6-11-13-14-12-6/h5H,2-4H2,1H3,(H,15,16)(H2,9,10,17)(H,11,12,13,14)/t5-/m0/s1. The van der Waals surface area contributed by atoms with Crippen molar-refractivity contribution in [3.05, 3.63) is 5.82 Å². The fourth-order valence-electron chi connectivity index (χ4n) is 1.12. The summed E-state index contributed by atoms with van der Waals surface area (Å²) in [6.07, 6.45) is 2.24. The molecule has 9 nitrogen and oxygen atoms in total. The number of rotatable bonds is 7. The van der Waals surface area contributed by atoms with Gasteiger partial charge in [-0.3, -0.25) is 0 Å². The maximum Gasteiger partial charge on any atom is 0.326 e. The molecule has 1 atom stereocenters. The van der Waals surface area contributed by atoms with E-state index in [4.69, 9.17) is 5.11 Å². The largest absolute Gasteiger partial charge is 0.480 e. The van der Waals surface area contributed by atoms with Gasteiger partial charge in [-0.15, -0.1) is 10.2 Å². The third-order valence-corrected chi connectivity index (χ3v) is 2.65. The number of urea groups is 1. The molecule has 0 radical (unpaired) electrons. The number of nitrogens with one attached hydrogen (secondary N) is 3. The summed E-state index contributed by atoms with van der Waals surface area (Å²) in [5, 5.41) is 26.6. The van der Waals surface area contributed by atoms with Crippen LogP contribution in [0.3, 0.4) is 0 Å². The van der Waals surface area contributed by atoms with Gasteiger partial charge in [0.2, 0.25) is 0 Å². The highest BCUT2D eigenvalue weighted by molar-refractivity contribution is 7.98. The number of carbonyl (C=O) groups excluding carboxylic acids is 1. The van der Waals surface area contributed by atoms with Crippen molar-refractivity contribution in [1.29, 1.82) is 0 Å². The number of tetrazole rings is 1. The zero-order chi connectivity index (χ0) is 13.4. The van der Waals surface area contributed by atoms with Crippen LogP contribution in [0.4, 0.5) is 4.79 Å². The number of hydrogen-bond acceptors (Lipinski definition) is 6. The van der Waals surface area contributed by atoms with Crippen molar-refractivity contribution in [3.63, 3.8) is 0 Å². The molecule has 0 unspecified atom stereocenters. The number of aliphatic carboxylic acids is 1. The Hall–Kier alpha value is -1.84. The fraction of sp³-hybridized carbons (Fsp3) is 0.625. The van der Waals surface area contributed by atoms with E-state index in [1.807, 2.05) is 6.26 Å². The summed E-state index contributed by atoms with van der Waals surface area (Å²) >= 11 is 1.52. The second kappa shape index (κ2) is 7.48. The lowest BCUT2D eigenvalue weighted by Gasteiger charge is -2.13. The summed E-state index contributed by atoms with van der Waals surface area (Å²) < 4.78 is 0. The van der Waals surface area contributed by atoms with Crippen molar-refractivity contribution in [3.8, 4) is 0 Å². The van der Waals surface area contributed by atoms with Crippen LogP contribution in [0, 0.1) is 0 Å². The van der Waals surface area contributed by atoms with E-state index < -0.39 is 18.0 Å². The van der Waals surface area contributed by atoms with Crippen LogP contribution < -0.4 is 10.6 Å². The number of aromatic amines is 1. The molecule has 0 saturated heterocycles. The summed E-state index contributed by atoms with van der Waals surface area (Å²) in [5.74, 6) is -0.0814. The van der Waals surface area contributed by atoms with Gasteiger partial charge in [-0.25, -0.2) is 9.59 Å². The van der Waals surface area contributed by atoms with Gasteiger partial charge in [0.1, 0.15) is 6.04 Å². The Bertz CT molecular complexity index is 384. The Kier molecular flexibility index (Phi) is 5.91. The maximum atomic E-state index is 11.4. The quantitative estimate of drug-likeness (QED) is 0.511. The van der Waals surface area contributed by atoms with Crippen molar-refractivity contribution < 1.29 is 14.7 Å². The molecular weight excluding hydrogens is 260 g/mol. The van der Waals surface area contributed by atoms with Crippen molar-refractivity contribution >= 4 is 23.8 Å². The summed E-state index contributed by atoms with van der Waals surface area (Å²) in [4.78, 5) is 22.3. The van der Waals surface area contributed by atoms with Crippen molar-refractivity contribution in [2.24, 2.45) is 0 Å². The molecule has 100 valence electrons. The fourth-order valence-corrected chi connectivity index (χ4v) is 1.59. The van der Waals surface area contributed by atoms with E-state index in [0.717, 1.165) is 0 Å². The lowest BCUT2D eigenvalue weighted by Crippen LogP contribution is -2.46. The molecule has 18 heavy (non-hydrogen) atoms. The number of aromatic nitrogens is 4. The third-order valence-electron chi connectivity index (χ3n) is 2.01. The Labute approximate surface area is 107 Å². The normalized spacial score (nSPS) is 11.8. The smallest absolute Gasteiger partial charge is 0.326 e. The molecule has 0 saturated carbocycles. The van der Waals surface area contributed by atoms with Crippen LogP contribution in [-0.4, -0.2) is 55.8 Å². The number of H-pyrrole nitrogens is 1. The molecule has 4 N–H and O–H groups in total. The van der Waals surface area contributed by atoms with E-state index in [9.17, 15) is 9.59 Å². The van der Waals surface area contributed by atoms with Gasteiger partial charge in [0, 0.05) is 0 Å². The van der Waals surface area contributed by atoms with Crippen molar-refractivity contribution in [2.75, 3.05) is 12.0 Å². The summed E-state index contributed by atoms with van der Waals surface area (Å²) in [6, 6.07) is -1.48. The topological polar surface area (TPSA) is 133 Å². The first kappa shape index (κ1) is 14.2. The molecule has 0 spiro atoms. The third kappa shape index (κ3) is 4.99. The highest BCUT2D eigenvalue weighted by atomic mass is 32.2. The van der Waals surface area contributed by atoms with Gasteiger partial charge < -0.3 is 15.7 Å². The van der Waals surface area contributed by atoms with E-state index in [1.165, 1.54) is 11.8 Å². The highest BCUT2D eigenvalue weighted by Gasteiger charge is 2.19. The van der Waals surface area contributed by atoms with Crippen LogP contribution in [0.15, 0.2) is 0 Å². The molecule has 0 aromatic carbocycles. The molecule has 1 aromatic heterocycles. The average molecular weight is 274 g/mol. The van der Waals surface area contributed by atoms with Gasteiger partial charge in [-0.2, -0.15) is 17.0 Å². The van der Waals surface area contributed by atoms with Gasteiger partial charge in [-0.05, 0) is 18.4 Å². The molecule has 10 heteroatoms. The van der Waals surface area contributed by atoms with E-state index in [0.29, 0.717) is 18.0 Å². The zero-order valence-electron chi connectivity index (χ0n) is 9.71. The van der Waals surface area contributed by atoms with Crippen LogP contribution >= 0.6 is 11.8 Å². The SMILES string of the molecule is CSCC[C@H](NC(=O)NCc1nn[nH]n1)C(=O)O. The molecule has 1 rings (SSSR count). The first-order valence-electron chi connectivity index (χ1n) is 5.12. The molecule has 1 heterocycles. The molecule has 0 bridgehead atoms. The molecule has 0 aliphatic heterocycles. The minimum atomic E-state index is -1.06. The number of amides is 2. The van der Waals surface area contributed by atoms with Crippen LogP contribution in [0.2, 0.25) is 0 Å². The molecular formula is C8H14N6O3S. The minimum absolute atomic E-state index is 0.0806. The summed E-state index contributed by atoms with van der Waals surface area (Å²) in [7, 11) is 0. The van der Waals surface area contributed by atoms with E-state index in [-0.39, 0.29) is 6.54 Å². The van der Waals surface area contributed by atoms with E-state index in [2.05, 4.69) is 31.3 Å². The Morgan fingerprint density at radius 3 is 2.89 bits per heavy atom. The number of carboxylic acids is 1. The first-order valence-corrected chi connectivity index (χ1v) is 6.51. The predicted molar refractivity (Wildman–Crippen MR) is 64.0 cm³/mol. The molecule has 0 aliphatic rings. The van der Waals surface area contributed by atoms with Crippen LogP contribution in [0.5, 0.6) is 0 Å². The Balaban J connectivity index is 2.34. The number of nitrogens with zero attached hydrogens (tertiary/aromatic N) is 3. The zero-order valence-corrected chi connectivity index (χ0v) is 10.5. The monoisotopic (exact) mass is 274 g/mol. The van der Waals surface area contributed by atoms with Crippen LogP contribution in [0.25, 0.3) is 0 Å². The summed E-state index contributed by atoms with van der Waals surface area (Å²) in [6.45, 7) is 0.0806. The van der Waals surface area contributed by atoms with Crippen molar-refractivity contribution in [2.45, 2.75) is 19.0 Å². The number of thioether (sulfide) groups is 1. The Morgan fingerprint density at radius 2 is 2.33 bits per heavy atom. The summed E-state index contributed by atoms with van der Waals surface area (Å²) in [5.41, 5.74) is 0. The number of carbonyl (C=O) groups is 2. The molecule has 0 fully saturated rings. The van der Waals surface area contributed by atoms with E-state index >= 15 is 0 Å². The lowest BCUT2D eigenvalue weighted by molar-refractivity contribution is -0.139. The van der Waals surface area contributed by atoms with Gasteiger partial charge in [0.15, 0.2) is 5.82 Å². The minimum Gasteiger partial charge on any atom is -0.480 e. The van der Waals surface area contributed by atoms with Crippen molar-refractivity contribution in [1.82, 2.24) is 31.3 Å². The maximum absolute atomic E-state index is 11.4. The molecule has 2 amide bonds. The second-order valence-electron chi connectivity index (χ2n) is 3.33.